The van der Waals surface area contributed by atoms with E-state index in [4.69, 9.17) is 0 Å². The van der Waals surface area contributed by atoms with Gasteiger partial charge in [-0.15, -0.1) is 0 Å². The number of hydrogen-bond acceptors (Lipinski definition) is 2. The lowest BCUT2D eigenvalue weighted by Crippen LogP contribution is -2.16. The van der Waals surface area contributed by atoms with Crippen LogP contribution in [0.1, 0.15) is 83.3 Å². The van der Waals surface area contributed by atoms with Crippen molar-refractivity contribution in [2.24, 2.45) is 0 Å². The lowest BCUT2D eigenvalue weighted by molar-refractivity contribution is 0.660. The first-order chi connectivity index (χ1) is 29.8. The first kappa shape index (κ1) is 39.2. The number of aryl methyl sites for hydroxylation is 4. The number of benzene rings is 8. The number of rotatable bonds is 8. The lowest BCUT2D eigenvalue weighted by atomic mass is 9.81. The van der Waals surface area contributed by atoms with E-state index < -0.39 is 0 Å². The van der Waals surface area contributed by atoms with Crippen LogP contribution in [0.3, 0.4) is 0 Å². The van der Waals surface area contributed by atoms with Gasteiger partial charge in [-0.05, 0) is 156 Å². The second kappa shape index (κ2) is 14.9. The average molecular weight is 803 g/mol. The van der Waals surface area contributed by atoms with Crippen LogP contribution in [0.15, 0.2) is 170 Å². The molecule has 0 fully saturated rings. The molecule has 0 N–H and O–H groups in total. The second-order valence-corrected chi connectivity index (χ2v) is 18.7. The fourth-order valence-electron chi connectivity index (χ4n) is 9.83. The van der Waals surface area contributed by atoms with Crippen LogP contribution in [-0.2, 0) is 10.8 Å². The Morgan fingerprint density at radius 1 is 0.290 bits per heavy atom. The smallest absolute Gasteiger partial charge is 0.0465 e. The lowest BCUT2D eigenvalue weighted by Gasteiger charge is -2.28. The molecule has 0 radical (unpaired) electrons. The van der Waals surface area contributed by atoms with Gasteiger partial charge in [-0.25, -0.2) is 0 Å². The van der Waals surface area contributed by atoms with E-state index in [1.54, 1.807) is 0 Å². The summed E-state index contributed by atoms with van der Waals surface area (Å²) in [6, 6.07) is 63.5. The van der Waals surface area contributed by atoms with Crippen molar-refractivity contribution in [1.29, 1.82) is 0 Å². The van der Waals surface area contributed by atoms with Gasteiger partial charge in [0.05, 0.1) is 0 Å². The van der Waals surface area contributed by atoms with E-state index in [0.29, 0.717) is 0 Å². The molecule has 8 aromatic rings. The monoisotopic (exact) mass is 802 g/mol. The molecule has 0 saturated heterocycles. The molecule has 0 saturated carbocycles. The third kappa shape index (κ3) is 6.75. The highest BCUT2D eigenvalue weighted by Crippen LogP contribution is 2.53. The third-order valence-electron chi connectivity index (χ3n) is 13.5. The van der Waals surface area contributed by atoms with E-state index in [0.717, 1.165) is 22.7 Å². The van der Waals surface area contributed by atoms with E-state index in [-0.39, 0.29) is 10.8 Å². The Bertz CT molecular complexity index is 2720. The van der Waals surface area contributed by atoms with Gasteiger partial charge in [0, 0.05) is 45.0 Å². The van der Waals surface area contributed by atoms with E-state index in [1.165, 1.54) is 89.3 Å². The number of anilines is 6. The normalized spacial score (nSPS) is 14.0. The zero-order valence-corrected chi connectivity index (χ0v) is 37.2. The first-order valence-corrected chi connectivity index (χ1v) is 22.0. The zero-order chi connectivity index (χ0) is 42.9. The van der Waals surface area contributed by atoms with Crippen molar-refractivity contribution < 1.29 is 0 Å². The molecular weight excluding hydrogens is 749 g/mol. The van der Waals surface area contributed by atoms with Gasteiger partial charge >= 0.3 is 0 Å². The molecule has 0 bridgehead atoms. The van der Waals surface area contributed by atoms with Gasteiger partial charge in [-0.1, -0.05) is 159 Å². The maximum atomic E-state index is 2.42. The summed E-state index contributed by atoms with van der Waals surface area (Å²) in [7, 11) is 0. The van der Waals surface area contributed by atoms with Crippen LogP contribution in [-0.4, -0.2) is 0 Å². The molecule has 62 heavy (non-hydrogen) atoms. The molecule has 2 heteroatoms. The largest absolute Gasteiger partial charge is 0.310 e. The Hall–Kier alpha value is -6.90. The summed E-state index contributed by atoms with van der Waals surface area (Å²) in [6.07, 6.45) is 4.58. The number of hydrogen-bond donors (Lipinski definition) is 0. The van der Waals surface area contributed by atoms with Gasteiger partial charge in [-0.3, -0.25) is 0 Å². The highest BCUT2D eigenvalue weighted by atomic mass is 15.1. The van der Waals surface area contributed by atoms with Crippen molar-refractivity contribution in [3.8, 4) is 22.3 Å². The molecular formula is C60H54N2. The molecule has 2 aliphatic rings. The fourth-order valence-corrected chi connectivity index (χ4v) is 9.83. The topological polar surface area (TPSA) is 6.48 Å². The maximum Gasteiger partial charge on any atom is 0.0465 e. The zero-order valence-electron chi connectivity index (χ0n) is 37.2. The van der Waals surface area contributed by atoms with Crippen molar-refractivity contribution >= 4 is 46.3 Å². The van der Waals surface area contributed by atoms with Crippen LogP contribution < -0.4 is 9.80 Å². The SMILES string of the molecule is Cc1ccc(N(c2ccc(C)cc2)c2ccc3c(c2)C(C)(C)c2cc(C=Cc4ccc5c(c4)C(C)(C)c4cc(N(c6ccc(C)cc6)c6ccc(C)cc6)ccc4-5)ccc2-3)cc1. The van der Waals surface area contributed by atoms with Gasteiger partial charge in [0.1, 0.15) is 0 Å². The van der Waals surface area contributed by atoms with Crippen molar-refractivity contribution in [3.63, 3.8) is 0 Å². The fraction of sp³-hybridized carbons (Fsp3) is 0.167. The molecule has 2 nitrogen and oxygen atoms in total. The molecule has 0 aromatic heterocycles. The summed E-state index contributed by atoms with van der Waals surface area (Å²) in [6.45, 7) is 18.1. The van der Waals surface area contributed by atoms with Crippen LogP contribution in [0.2, 0.25) is 0 Å². The van der Waals surface area contributed by atoms with Gasteiger partial charge in [-0.2, -0.15) is 0 Å². The van der Waals surface area contributed by atoms with Crippen LogP contribution in [0.25, 0.3) is 34.4 Å². The Morgan fingerprint density at radius 2 is 0.532 bits per heavy atom. The molecule has 304 valence electrons. The van der Waals surface area contributed by atoms with Crippen molar-refractivity contribution in [3.05, 3.63) is 225 Å². The van der Waals surface area contributed by atoms with Gasteiger partial charge in [0.25, 0.3) is 0 Å². The van der Waals surface area contributed by atoms with Gasteiger partial charge < -0.3 is 9.80 Å². The predicted molar refractivity (Wildman–Crippen MR) is 265 cm³/mol. The third-order valence-corrected chi connectivity index (χ3v) is 13.5. The maximum absolute atomic E-state index is 2.42. The quantitative estimate of drug-likeness (QED) is 0.141. The summed E-state index contributed by atoms with van der Waals surface area (Å²) in [5, 5.41) is 0. The Morgan fingerprint density at radius 3 is 0.823 bits per heavy atom. The molecule has 8 aromatic carbocycles. The van der Waals surface area contributed by atoms with E-state index >= 15 is 0 Å². The predicted octanol–water partition coefficient (Wildman–Crippen LogP) is 16.6. The standard InChI is InChI=1S/C60H54N2/c1-39-9-21-45(22-10-39)61(46-23-11-40(2)12-24-46)49-29-33-53-51-31-19-43(35-55(51)59(5,6)57(53)37-49)17-18-44-20-32-52-54-34-30-50(38-58(54)60(7,8)56(52)36-44)62(47-25-13-41(3)14-26-47)48-27-15-42(4)16-28-48/h9-38H,1-8H3. The van der Waals surface area contributed by atoms with E-state index in [2.05, 4.69) is 247 Å². The molecule has 2 aliphatic carbocycles. The van der Waals surface area contributed by atoms with Crippen LogP contribution in [0, 0.1) is 27.7 Å². The Kier molecular flexibility index (Phi) is 9.45. The second-order valence-electron chi connectivity index (χ2n) is 18.7. The summed E-state index contributed by atoms with van der Waals surface area (Å²) >= 11 is 0. The number of nitrogens with zero attached hydrogens (tertiary/aromatic N) is 2. The Balaban J connectivity index is 0.940. The minimum atomic E-state index is -0.159. The summed E-state index contributed by atoms with van der Waals surface area (Å²) < 4.78 is 0. The van der Waals surface area contributed by atoms with Crippen LogP contribution in [0.4, 0.5) is 34.1 Å². The first-order valence-electron chi connectivity index (χ1n) is 22.0. The molecule has 0 amide bonds. The van der Waals surface area contributed by atoms with Crippen molar-refractivity contribution in [1.82, 2.24) is 0 Å². The molecule has 0 unspecified atom stereocenters. The molecule has 0 spiro atoms. The molecule has 10 rings (SSSR count). The van der Waals surface area contributed by atoms with Gasteiger partial charge in [0.2, 0.25) is 0 Å². The highest BCUT2D eigenvalue weighted by molar-refractivity contribution is 5.89. The van der Waals surface area contributed by atoms with Crippen LogP contribution in [0.5, 0.6) is 0 Å². The summed E-state index contributed by atoms with van der Waals surface area (Å²) in [5.41, 5.74) is 24.9. The van der Waals surface area contributed by atoms with Crippen molar-refractivity contribution in [2.75, 3.05) is 9.80 Å². The van der Waals surface area contributed by atoms with E-state index in [1.807, 2.05) is 0 Å². The Labute approximate surface area is 368 Å². The minimum absolute atomic E-state index is 0.159. The summed E-state index contributed by atoms with van der Waals surface area (Å²) in [5.74, 6) is 0. The average Bonchev–Trinajstić information content (AvgIpc) is 3.64. The number of fused-ring (bicyclic) bond motifs is 6. The highest BCUT2D eigenvalue weighted by Gasteiger charge is 2.37. The molecule has 0 aliphatic heterocycles. The van der Waals surface area contributed by atoms with Gasteiger partial charge in [0.15, 0.2) is 0 Å². The van der Waals surface area contributed by atoms with E-state index in [9.17, 15) is 0 Å². The molecule has 0 heterocycles. The molecule has 0 atom stereocenters. The minimum Gasteiger partial charge on any atom is -0.310 e. The summed E-state index contributed by atoms with van der Waals surface area (Å²) in [4.78, 5) is 4.76. The van der Waals surface area contributed by atoms with Crippen molar-refractivity contribution in [2.45, 2.75) is 66.2 Å². The van der Waals surface area contributed by atoms with Crippen LogP contribution >= 0.6 is 0 Å².